The fraction of sp³-hybridized carbons (Fsp3) is 0.409. The highest BCUT2D eigenvalue weighted by Gasteiger charge is 2.34. The molecule has 144 valence electrons. The Balaban J connectivity index is 1.63. The number of nitrogens with one attached hydrogen (secondary N) is 3. The summed E-state index contributed by atoms with van der Waals surface area (Å²) in [6.45, 7) is 6.71. The lowest BCUT2D eigenvalue weighted by molar-refractivity contribution is -1.02. The van der Waals surface area contributed by atoms with E-state index < -0.39 is 0 Å². The van der Waals surface area contributed by atoms with E-state index in [0.29, 0.717) is 5.75 Å². The van der Waals surface area contributed by atoms with Crippen molar-refractivity contribution < 1.29 is 19.3 Å². The highest BCUT2D eigenvalue weighted by molar-refractivity contribution is 5.77. The van der Waals surface area contributed by atoms with Gasteiger partial charge in [0, 0.05) is 5.56 Å². The predicted molar refractivity (Wildman–Crippen MR) is 106 cm³/mol. The summed E-state index contributed by atoms with van der Waals surface area (Å²) >= 11 is 0. The number of amides is 1. The van der Waals surface area contributed by atoms with Crippen molar-refractivity contribution in [2.24, 2.45) is 0 Å². The van der Waals surface area contributed by atoms with Crippen molar-refractivity contribution in [3.05, 3.63) is 66.2 Å². The second-order valence-electron chi connectivity index (χ2n) is 7.46. The van der Waals surface area contributed by atoms with E-state index in [1.807, 2.05) is 36.4 Å². The Morgan fingerprint density at radius 2 is 1.59 bits per heavy atom. The second kappa shape index (κ2) is 9.53. The number of likely N-dealkylation sites (N-methyl/N-ethyl adjacent to an activating group) is 1. The number of quaternary nitrogens is 2. The number of piperazine rings is 1. The molecule has 2 atom stereocenters. The van der Waals surface area contributed by atoms with Gasteiger partial charge >= 0.3 is 0 Å². The molecule has 2 aromatic carbocycles. The molecule has 1 aliphatic rings. The first-order valence-corrected chi connectivity index (χ1v) is 9.81. The van der Waals surface area contributed by atoms with Crippen LogP contribution in [0.15, 0.2) is 60.7 Å². The lowest BCUT2D eigenvalue weighted by atomic mass is 9.97. The molecule has 1 fully saturated rings. The second-order valence-corrected chi connectivity index (χ2v) is 7.46. The molecular weight excluding hydrogens is 338 g/mol. The molecular formula is C22H31N3O2+2. The normalized spacial score (nSPS) is 21.9. The topological polar surface area (TPSA) is 47.2 Å². The van der Waals surface area contributed by atoms with Gasteiger partial charge < -0.3 is 19.9 Å². The number of hydrogen-bond acceptors (Lipinski definition) is 2. The zero-order valence-electron chi connectivity index (χ0n) is 16.3. The Morgan fingerprint density at radius 1 is 1.00 bits per heavy atom. The third kappa shape index (κ3) is 5.55. The smallest absolute Gasteiger partial charge is 0.258 e. The molecule has 3 N–H and O–H groups in total. The highest BCUT2D eigenvalue weighted by Crippen LogP contribution is 2.14. The van der Waals surface area contributed by atoms with E-state index in [-0.39, 0.29) is 24.6 Å². The van der Waals surface area contributed by atoms with E-state index in [1.165, 1.54) is 5.56 Å². The molecule has 3 rings (SSSR count). The van der Waals surface area contributed by atoms with Crippen LogP contribution >= 0.6 is 0 Å². The monoisotopic (exact) mass is 369 g/mol. The Kier molecular flexibility index (Phi) is 6.85. The maximum absolute atomic E-state index is 12.4. The molecule has 0 spiro atoms. The standard InChI is InChI=1S/C22H29N3O2/c1-18(23-21(26)17-27-20-11-7-4-8-12-20)22(19-9-5-3-6-10-19)25-15-13-24(2)14-16-25/h3-12,18,22H,13-17H2,1-2H3,(H,23,26)/p+2/t18-,22+/m0/s1. The molecule has 1 heterocycles. The largest absolute Gasteiger partial charge is 0.484 e. The van der Waals surface area contributed by atoms with Crippen molar-refractivity contribution in [2.75, 3.05) is 39.8 Å². The summed E-state index contributed by atoms with van der Waals surface area (Å²) < 4.78 is 5.59. The minimum Gasteiger partial charge on any atom is -0.484 e. The van der Waals surface area contributed by atoms with Crippen LogP contribution in [0.1, 0.15) is 18.5 Å². The Labute approximate surface area is 161 Å². The van der Waals surface area contributed by atoms with Crippen LogP contribution in [0.5, 0.6) is 5.75 Å². The summed E-state index contributed by atoms with van der Waals surface area (Å²) in [5.41, 5.74) is 1.28. The fourth-order valence-electron chi connectivity index (χ4n) is 3.89. The van der Waals surface area contributed by atoms with Crippen molar-refractivity contribution in [3.8, 4) is 5.75 Å². The SMILES string of the molecule is C[C@H](NC(=O)COc1ccccc1)[C@H](c1ccccc1)[NH+]1CC[NH+](C)CC1. The Hall–Kier alpha value is -2.37. The van der Waals surface area contributed by atoms with Crippen LogP contribution in [0, 0.1) is 0 Å². The van der Waals surface area contributed by atoms with Crippen molar-refractivity contribution >= 4 is 5.91 Å². The molecule has 0 unspecified atom stereocenters. The van der Waals surface area contributed by atoms with Gasteiger partial charge in [0.15, 0.2) is 6.61 Å². The van der Waals surface area contributed by atoms with Gasteiger partial charge in [-0.05, 0) is 19.1 Å². The summed E-state index contributed by atoms with van der Waals surface area (Å²) in [6, 6.07) is 20.3. The first-order valence-electron chi connectivity index (χ1n) is 9.81. The quantitative estimate of drug-likeness (QED) is 0.629. The van der Waals surface area contributed by atoms with Crippen LogP contribution < -0.4 is 19.9 Å². The maximum Gasteiger partial charge on any atom is 0.258 e. The molecule has 0 bridgehead atoms. The number of rotatable bonds is 7. The molecule has 5 heteroatoms. The van der Waals surface area contributed by atoms with Gasteiger partial charge in [0.1, 0.15) is 38.0 Å². The van der Waals surface area contributed by atoms with Crippen LogP contribution in [-0.4, -0.2) is 51.8 Å². The summed E-state index contributed by atoms with van der Waals surface area (Å²) in [5, 5.41) is 3.17. The molecule has 0 radical (unpaired) electrons. The van der Waals surface area contributed by atoms with Gasteiger partial charge in [-0.3, -0.25) is 4.79 Å². The molecule has 0 saturated carbocycles. The number of carbonyl (C=O) groups is 1. The van der Waals surface area contributed by atoms with E-state index >= 15 is 0 Å². The van der Waals surface area contributed by atoms with Crippen LogP contribution in [0.3, 0.4) is 0 Å². The predicted octanol–water partition coefficient (Wildman–Crippen LogP) is -0.275. The maximum atomic E-state index is 12.4. The Morgan fingerprint density at radius 3 is 2.22 bits per heavy atom. The fourth-order valence-corrected chi connectivity index (χ4v) is 3.89. The number of para-hydroxylation sites is 1. The molecule has 1 aliphatic heterocycles. The lowest BCUT2D eigenvalue weighted by Gasteiger charge is -2.36. The van der Waals surface area contributed by atoms with Crippen molar-refractivity contribution in [1.82, 2.24) is 5.32 Å². The zero-order chi connectivity index (χ0) is 19.1. The summed E-state index contributed by atoms with van der Waals surface area (Å²) in [7, 11) is 2.25. The molecule has 27 heavy (non-hydrogen) atoms. The first-order chi connectivity index (χ1) is 13.1. The van der Waals surface area contributed by atoms with Crippen molar-refractivity contribution in [3.63, 3.8) is 0 Å². The van der Waals surface area contributed by atoms with E-state index in [1.54, 1.807) is 9.80 Å². The van der Waals surface area contributed by atoms with Crippen LogP contribution in [0.4, 0.5) is 0 Å². The molecule has 0 aromatic heterocycles. The van der Waals surface area contributed by atoms with Crippen LogP contribution in [0.2, 0.25) is 0 Å². The van der Waals surface area contributed by atoms with Crippen LogP contribution in [0.25, 0.3) is 0 Å². The van der Waals surface area contributed by atoms with Gasteiger partial charge in [0.25, 0.3) is 5.91 Å². The first kappa shape index (κ1) is 19.4. The molecule has 1 saturated heterocycles. The van der Waals surface area contributed by atoms with Crippen LogP contribution in [-0.2, 0) is 4.79 Å². The molecule has 2 aromatic rings. The van der Waals surface area contributed by atoms with Gasteiger partial charge in [0.05, 0.1) is 13.1 Å². The minimum absolute atomic E-state index is 0.0349. The average molecular weight is 370 g/mol. The summed E-state index contributed by atoms with van der Waals surface area (Å²) in [6.07, 6.45) is 0. The zero-order valence-corrected chi connectivity index (χ0v) is 16.3. The number of carbonyl (C=O) groups excluding carboxylic acids is 1. The summed E-state index contributed by atoms with van der Waals surface area (Å²) in [5.74, 6) is 0.638. The number of ether oxygens (including phenoxy) is 1. The highest BCUT2D eigenvalue weighted by atomic mass is 16.5. The lowest BCUT2D eigenvalue weighted by Crippen LogP contribution is -3.27. The third-order valence-electron chi connectivity index (χ3n) is 5.35. The Bertz CT molecular complexity index is 700. The van der Waals surface area contributed by atoms with Gasteiger partial charge in [-0.25, -0.2) is 0 Å². The number of benzene rings is 2. The van der Waals surface area contributed by atoms with Crippen molar-refractivity contribution in [2.45, 2.75) is 19.0 Å². The summed E-state index contributed by atoms with van der Waals surface area (Å²) in [4.78, 5) is 15.6. The van der Waals surface area contributed by atoms with Crippen molar-refractivity contribution in [1.29, 1.82) is 0 Å². The minimum atomic E-state index is -0.0774. The van der Waals surface area contributed by atoms with Gasteiger partial charge in [-0.1, -0.05) is 48.5 Å². The molecule has 0 aliphatic carbocycles. The number of hydrogen-bond donors (Lipinski definition) is 3. The van der Waals surface area contributed by atoms with E-state index in [9.17, 15) is 4.79 Å². The molecule has 1 amide bonds. The van der Waals surface area contributed by atoms with Gasteiger partial charge in [0.2, 0.25) is 0 Å². The molecule has 5 nitrogen and oxygen atoms in total. The van der Waals surface area contributed by atoms with E-state index in [4.69, 9.17) is 4.74 Å². The third-order valence-corrected chi connectivity index (χ3v) is 5.35. The van der Waals surface area contributed by atoms with E-state index in [0.717, 1.165) is 26.2 Å². The van der Waals surface area contributed by atoms with E-state index in [2.05, 4.69) is 43.6 Å². The average Bonchev–Trinajstić information content (AvgIpc) is 2.70. The van der Waals surface area contributed by atoms with Gasteiger partial charge in [-0.2, -0.15) is 0 Å². The van der Waals surface area contributed by atoms with Gasteiger partial charge in [-0.15, -0.1) is 0 Å².